The largest absolute Gasteiger partial charge is 0.390 e. The van der Waals surface area contributed by atoms with Crippen molar-refractivity contribution in [2.45, 2.75) is 19.1 Å². The van der Waals surface area contributed by atoms with E-state index in [0.717, 1.165) is 0 Å². The summed E-state index contributed by atoms with van der Waals surface area (Å²) in [6.45, 7) is -0.253. The van der Waals surface area contributed by atoms with Gasteiger partial charge in [0.15, 0.2) is 4.77 Å². The first-order chi connectivity index (χ1) is 8.42. The van der Waals surface area contributed by atoms with E-state index in [0.29, 0.717) is 16.6 Å². The van der Waals surface area contributed by atoms with Gasteiger partial charge in [0.1, 0.15) is 6.07 Å². The number of fused-ring (bicyclic) bond motifs is 1. The molecule has 0 unspecified atom stereocenters. The molecule has 0 saturated heterocycles. The molecule has 0 radical (unpaired) electrons. The number of para-hydroxylation sites is 1. The number of halogens is 3. The highest BCUT2D eigenvalue weighted by atomic mass is 32.1. The van der Waals surface area contributed by atoms with Crippen LogP contribution in [0.5, 0.6) is 0 Å². The number of aromatic amines is 1. The van der Waals surface area contributed by atoms with Gasteiger partial charge < -0.3 is 9.55 Å². The quantitative estimate of drug-likeness (QED) is 0.849. The SMILES string of the molecule is N#Cc1cccc2c1[nH]c(=S)n2CCC(F)(F)F. The van der Waals surface area contributed by atoms with Gasteiger partial charge in [0, 0.05) is 6.54 Å². The molecule has 18 heavy (non-hydrogen) atoms. The molecule has 0 amide bonds. The molecule has 0 aliphatic heterocycles. The fraction of sp³-hybridized carbons (Fsp3) is 0.273. The summed E-state index contributed by atoms with van der Waals surface area (Å²) in [6, 6.07) is 6.81. The van der Waals surface area contributed by atoms with E-state index in [9.17, 15) is 13.2 Å². The second-order valence-electron chi connectivity index (χ2n) is 3.76. The van der Waals surface area contributed by atoms with Crippen LogP contribution in [0.15, 0.2) is 18.2 Å². The number of hydrogen-bond donors (Lipinski definition) is 1. The highest BCUT2D eigenvalue weighted by molar-refractivity contribution is 7.71. The molecule has 0 aliphatic carbocycles. The number of imidazole rings is 1. The van der Waals surface area contributed by atoms with Gasteiger partial charge in [0.2, 0.25) is 0 Å². The Kier molecular flexibility index (Phi) is 3.13. The van der Waals surface area contributed by atoms with Gasteiger partial charge in [-0.2, -0.15) is 18.4 Å². The summed E-state index contributed by atoms with van der Waals surface area (Å²) in [5.74, 6) is 0. The van der Waals surface area contributed by atoms with Crippen LogP contribution in [0.1, 0.15) is 12.0 Å². The summed E-state index contributed by atoms with van der Waals surface area (Å²) >= 11 is 4.98. The van der Waals surface area contributed by atoms with Gasteiger partial charge in [0.25, 0.3) is 0 Å². The second-order valence-corrected chi connectivity index (χ2v) is 4.15. The van der Waals surface area contributed by atoms with E-state index in [1.165, 1.54) is 4.57 Å². The summed E-state index contributed by atoms with van der Waals surface area (Å²) in [7, 11) is 0. The first kappa shape index (κ1) is 12.6. The van der Waals surface area contributed by atoms with Gasteiger partial charge in [0.05, 0.1) is 23.0 Å². The summed E-state index contributed by atoms with van der Waals surface area (Å²) in [5, 5.41) is 8.90. The minimum atomic E-state index is -4.23. The average Bonchev–Trinajstić information content (AvgIpc) is 2.61. The van der Waals surface area contributed by atoms with Gasteiger partial charge in [-0.05, 0) is 24.4 Å². The molecule has 94 valence electrons. The van der Waals surface area contributed by atoms with Gasteiger partial charge >= 0.3 is 6.18 Å². The Morgan fingerprint density at radius 3 is 2.72 bits per heavy atom. The molecular weight excluding hydrogens is 263 g/mol. The maximum Gasteiger partial charge on any atom is 0.390 e. The van der Waals surface area contributed by atoms with Crippen molar-refractivity contribution in [3.05, 3.63) is 28.5 Å². The van der Waals surface area contributed by atoms with E-state index in [1.54, 1.807) is 18.2 Å². The molecule has 1 aromatic heterocycles. The highest BCUT2D eigenvalue weighted by Crippen LogP contribution is 2.23. The molecule has 1 N–H and O–H groups in total. The Balaban J connectivity index is 2.49. The monoisotopic (exact) mass is 271 g/mol. The third kappa shape index (κ3) is 2.38. The topological polar surface area (TPSA) is 44.5 Å². The second kappa shape index (κ2) is 4.46. The lowest BCUT2D eigenvalue weighted by Crippen LogP contribution is -2.12. The van der Waals surface area contributed by atoms with Crippen LogP contribution < -0.4 is 0 Å². The van der Waals surface area contributed by atoms with Crippen LogP contribution in [0.4, 0.5) is 13.2 Å². The van der Waals surface area contributed by atoms with Crippen molar-refractivity contribution in [2.24, 2.45) is 0 Å². The Labute approximate surface area is 105 Å². The zero-order chi connectivity index (χ0) is 13.3. The summed E-state index contributed by atoms with van der Waals surface area (Å²) in [4.78, 5) is 2.77. The lowest BCUT2D eigenvalue weighted by molar-refractivity contribution is -0.136. The van der Waals surface area contributed by atoms with Crippen molar-refractivity contribution in [2.75, 3.05) is 0 Å². The maximum atomic E-state index is 12.2. The van der Waals surface area contributed by atoms with Crippen LogP contribution in [0.2, 0.25) is 0 Å². The molecule has 0 bridgehead atoms. The number of alkyl halides is 3. The van der Waals surface area contributed by atoms with E-state index in [-0.39, 0.29) is 11.3 Å². The van der Waals surface area contributed by atoms with Crippen LogP contribution in [0, 0.1) is 16.1 Å². The zero-order valence-electron chi connectivity index (χ0n) is 9.08. The molecule has 0 atom stereocenters. The lowest BCUT2D eigenvalue weighted by atomic mass is 10.2. The van der Waals surface area contributed by atoms with Crippen molar-refractivity contribution >= 4 is 23.3 Å². The van der Waals surface area contributed by atoms with Gasteiger partial charge in [-0.25, -0.2) is 0 Å². The van der Waals surface area contributed by atoms with Crippen LogP contribution in [-0.2, 0) is 6.54 Å². The molecule has 2 rings (SSSR count). The van der Waals surface area contributed by atoms with E-state index in [1.807, 2.05) is 6.07 Å². The van der Waals surface area contributed by atoms with Crippen molar-refractivity contribution in [1.82, 2.24) is 9.55 Å². The number of benzene rings is 1. The normalized spacial score (nSPS) is 11.7. The number of aryl methyl sites for hydroxylation is 1. The summed E-state index contributed by atoms with van der Waals surface area (Å²) < 4.78 is 38.2. The third-order valence-corrected chi connectivity index (χ3v) is 2.87. The molecule has 2 aromatic rings. The molecule has 3 nitrogen and oxygen atoms in total. The van der Waals surface area contributed by atoms with Gasteiger partial charge in [-0.3, -0.25) is 0 Å². The average molecular weight is 271 g/mol. The number of nitrogens with zero attached hydrogens (tertiary/aromatic N) is 2. The number of H-pyrrole nitrogens is 1. The Morgan fingerprint density at radius 2 is 2.11 bits per heavy atom. The Hall–Kier alpha value is -1.81. The predicted octanol–water partition coefficient (Wildman–Crippen LogP) is 3.52. The number of aromatic nitrogens is 2. The summed E-state index contributed by atoms with van der Waals surface area (Å²) in [6.07, 6.45) is -5.18. The molecular formula is C11H8F3N3S. The van der Waals surface area contributed by atoms with Crippen molar-refractivity contribution in [1.29, 1.82) is 5.26 Å². The van der Waals surface area contributed by atoms with Gasteiger partial charge in [-0.15, -0.1) is 0 Å². The van der Waals surface area contributed by atoms with E-state index in [4.69, 9.17) is 17.5 Å². The number of rotatable bonds is 2. The minimum absolute atomic E-state index is 0.192. The van der Waals surface area contributed by atoms with Crippen molar-refractivity contribution in [3.8, 4) is 6.07 Å². The molecule has 0 aliphatic rings. The third-order valence-electron chi connectivity index (χ3n) is 2.55. The first-order valence-electron chi connectivity index (χ1n) is 5.11. The predicted molar refractivity (Wildman–Crippen MR) is 62.5 cm³/mol. The highest BCUT2D eigenvalue weighted by Gasteiger charge is 2.27. The molecule has 1 aromatic carbocycles. The first-order valence-corrected chi connectivity index (χ1v) is 5.51. The van der Waals surface area contributed by atoms with Gasteiger partial charge in [-0.1, -0.05) is 6.07 Å². The Bertz CT molecular complexity index is 675. The standard InChI is InChI=1S/C11H8F3N3S/c12-11(13,14)4-5-17-8-3-1-2-7(6-15)9(8)16-10(17)18/h1-3H,4-5H2,(H,16,18). The molecule has 0 spiro atoms. The van der Waals surface area contributed by atoms with Crippen molar-refractivity contribution < 1.29 is 13.2 Å². The van der Waals surface area contributed by atoms with Crippen LogP contribution in [0.3, 0.4) is 0 Å². The van der Waals surface area contributed by atoms with Crippen LogP contribution in [-0.4, -0.2) is 15.7 Å². The molecule has 7 heteroatoms. The van der Waals surface area contributed by atoms with E-state index >= 15 is 0 Å². The zero-order valence-corrected chi connectivity index (χ0v) is 9.90. The minimum Gasteiger partial charge on any atom is -0.329 e. The number of nitrogens with one attached hydrogen (secondary N) is 1. The Morgan fingerprint density at radius 1 is 1.39 bits per heavy atom. The molecule has 0 fully saturated rings. The summed E-state index contributed by atoms with van der Waals surface area (Å²) in [5.41, 5.74) is 1.36. The van der Waals surface area contributed by atoms with Crippen LogP contribution in [0.25, 0.3) is 11.0 Å². The van der Waals surface area contributed by atoms with Crippen LogP contribution >= 0.6 is 12.2 Å². The smallest absolute Gasteiger partial charge is 0.329 e. The van der Waals surface area contributed by atoms with E-state index in [2.05, 4.69) is 4.98 Å². The fourth-order valence-electron chi connectivity index (χ4n) is 1.73. The lowest BCUT2D eigenvalue weighted by Gasteiger charge is -2.07. The number of hydrogen-bond acceptors (Lipinski definition) is 2. The maximum absolute atomic E-state index is 12.2. The number of nitriles is 1. The van der Waals surface area contributed by atoms with Crippen molar-refractivity contribution in [3.63, 3.8) is 0 Å². The molecule has 0 saturated carbocycles. The van der Waals surface area contributed by atoms with E-state index < -0.39 is 12.6 Å². The molecule has 1 heterocycles. The fourth-order valence-corrected chi connectivity index (χ4v) is 2.03.